The maximum atomic E-state index is 12.2. The van der Waals surface area contributed by atoms with E-state index >= 15 is 0 Å². The number of carbonyl (C=O) groups excluding carboxylic acids is 1. The largest absolute Gasteiger partial charge is 0.480 e. The highest BCUT2D eigenvalue weighted by molar-refractivity contribution is 5.95. The molecule has 1 aliphatic rings. The Morgan fingerprint density at radius 2 is 2.18 bits per heavy atom. The highest BCUT2D eigenvalue weighted by Crippen LogP contribution is 2.19. The van der Waals surface area contributed by atoms with Crippen LogP contribution >= 0.6 is 0 Å². The van der Waals surface area contributed by atoms with Crippen LogP contribution in [0.15, 0.2) is 18.3 Å². The molecular weight excluding hydrogens is 220 g/mol. The second-order valence-corrected chi connectivity index (χ2v) is 4.35. The third kappa shape index (κ3) is 2.18. The summed E-state index contributed by atoms with van der Waals surface area (Å²) in [7, 11) is 1.78. The first-order valence-electron chi connectivity index (χ1n) is 5.76. The number of piperidine rings is 1. The van der Waals surface area contributed by atoms with Gasteiger partial charge >= 0.3 is 5.97 Å². The fourth-order valence-corrected chi connectivity index (χ4v) is 2.26. The SMILES string of the molecule is Cn1cccc1C(=O)N1CCCCC1C(=O)O. The van der Waals surface area contributed by atoms with Gasteiger partial charge in [-0.05, 0) is 31.4 Å². The normalized spacial score (nSPS) is 20.3. The van der Waals surface area contributed by atoms with Crippen LogP contribution < -0.4 is 0 Å². The smallest absolute Gasteiger partial charge is 0.326 e. The fourth-order valence-electron chi connectivity index (χ4n) is 2.26. The summed E-state index contributed by atoms with van der Waals surface area (Å²) < 4.78 is 1.72. The van der Waals surface area contributed by atoms with Crippen molar-refractivity contribution < 1.29 is 14.7 Å². The van der Waals surface area contributed by atoms with Crippen LogP contribution in [-0.4, -0.2) is 39.0 Å². The number of carbonyl (C=O) groups is 2. The van der Waals surface area contributed by atoms with Crippen molar-refractivity contribution in [2.75, 3.05) is 6.54 Å². The first-order chi connectivity index (χ1) is 8.11. The highest BCUT2D eigenvalue weighted by Gasteiger charge is 2.33. The lowest BCUT2D eigenvalue weighted by Gasteiger charge is -2.32. The zero-order valence-electron chi connectivity index (χ0n) is 9.80. The quantitative estimate of drug-likeness (QED) is 0.836. The molecule has 1 aromatic heterocycles. The number of carboxylic acids is 1. The summed E-state index contributed by atoms with van der Waals surface area (Å²) in [5.74, 6) is -1.10. The summed E-state index contributed by atoms with van der Waals surface area (Å²) >= 11 is 0. The highest BCUT2D eigenvalue weighted by atomic mass is 16.4. The number of rotatable bonds is 2. The Kier molecular flexibility index (Phi) is 3.17. The second-order valence-electron chi connectivity index (χ2n) is 4.35. The van der Waals surface area contributed by atoms with Crippen molar-refractivity contribution in [2.45, 2.75) is 25.3 Å². The third-order valence-electron chi connectivity index (χ3n) is 3.21. The molecule has 0 saturated carbocycles. The Balaban J connectivity index is 2.23. The Hall–Kier alpha value is -1.78. The lowest BCUT2D eigenvalue weighted by atomic mass is 10.0. The predicted molar refractivity (Wildman–Crippen MR) is 61.7 cm³/mol. The molecule has 1 atom stereocenters. The molecule has 1 aromatic rings. The molecule has 5 nitrogen and oxygen atoms in total. The first kappa shape index (κ1) is 11.7. The van der Waals surface area contributed by atoms with E-state index < -0.39 is 12.0 Å². The average molecular weight is 236 g/mol. The molecule has 1 fully saturated rings. The minimum atomic E-state index is -0.910. The van der Waals surface area contributed by atoms with E-state index in [0.717, 1.165) is 12.8 Å². The van der Waals surface area contributed by atoms with Crippen molar-refractivity contribution in [3.05, 3.63) is 24.0 Å². The lowest BCUT2D eigenvalue weighted by molar-refractivity contribution is -0.143. The number of hydrogen-bond donors (Lipinski definition) is 1. The van der Waals surface area contributed by atoms with Crippen LogP contribution in [-0.2, 0) is 11.8 Å². The van der Waals surface area contributed by atoms with E-state index in [2.05, 4.69) is 0 Å². The lowest BCUT2D eigenvalue weighted by Crippen LogP contribution is -2.48. The summed E-state index contributed by atoms with van der Waals surface area (Å²) in [6, 6.07) is 2.83. The van der Waals surface area contributed by atoms with Gasteiger partial charge in [0.25, 0.3) is 5.91 Å². The molecule has 1 N–H and O–H groups in total. The molecule has 0 spiro atoms. The average Bonchev–Trinajstić information content (AvgIpc) is 2.74. The second kappa shape index (κ2) is 4.61. The van der Waals surface area contributed by atoms with Gasteiger partial charge in [-0.25, -0.2) is 4.79 Å². The number of hydrogen-bond acceptors (Lipinski definition) is 2. The van der Waals surface area contributed by atoms with E-state index in [0.29, 0.717) is 18.7 Å². The summed E-state index contributed by atoms with van der Waals surface area (Å²) in [6.45, 7) is 0.529. The number of aromatic nitrogens is 1. The van der Waals surface area contributed by atoms with Gasteiger partial charge in [-0.15, -0.1) is 0 Å². The van der Waals surface area contributed by atoms with Gasteiger partial charge in [-0.3, -0.25) is 4.79 Å². The Morgan fingerprint density at radius 3 is 2.76 bits per heavy atom. The molecule has 0 aliphatic carbocycles. The maximum Gasteiger partial charge on any atom is 0.326 e. The molecule has 1 unspecified atom stereocenters. The molecule has 0 radical (unpaired) electrons. The van der Waals surface area contributed by atoms with E-state index in [1.165, 1.54) is 4.90 Å². The molecular formula is C12H16N2O3. The van der Waals surface area contributed by atoms with Gasteiger partial charge in [0.1, 0.15) is 11.7 Å². The van der Waals surface area contributed by atoms with Crippen LogP contribution in [0.2, 0.25) is 0 Å². The molecule has 1 aliphatic heterocycles. The van der Waals surface area contributed by atoms with Gasteiger partial charge in [0.2, 0.25) is 0 Å². The zero-order chi connectivity index (χ0) is 12.4. The van der Waals surface area contributed by atoms with Crippen LogP contribution in [0.4, 0.5) is 0 Å². The van der Waals surface area contributed by atoms with E-state index in [1.54, 1.807) is 29.9 Å². The Labute approximate surface area is 99.6 Å². The topological polar surface area (TPSA) is 62.5 Å². The van der Waals surface area contributed by atoms with Gasteiger partial charge in [0.05, 0.1) is 0 Å². The summed E-state index contributed by atoms with van der Waals surface area (Å²) in [5, 5.41) is 9.12. The monoisotopic (exact) mass is 236 g/mol. The van der Waals surface area contributed by atoms with Gasteiger partial charge in [0, 0.05) is 19.8 Å². The van der Waals surface area contributed by atoms with Crippen molar-refractivity contribution in [3.63, 3.8) is 0 Å². The van der Waals surface area contributed by atoms with Gasteiger partial charge in [0.15, 0.2) is 0 Å². The molecule has 1 amide bonds. The molecule has 92 valence electrons. The third-order valence-corrected chi connectivity index (χ3v) is 3.21. The van der Waals surface area contributed by atoms with Crippen LogP contribution in [0.1, 0.15) is 29.8 Å². The van der Waals surface area contributed by atoms with Crippen molar-refractivity contribution >= 4 is 11.9 Å². The molecule has 5 heteroatoms. The number of likely N-dealkylation sites (tertiary alicyclic amines) is 1. The molecule has 0 bridgehead atoms. The molecule has 0 aromatic carbocycles. The first-order valence-corrected chi connectivity index (χ1v) is 5.76. The number of amides is 1. The van der Waals surface area contributed by atoms with Crippen LogP contribution in [0.25, 0.3) is 0 Å². The maximum absolute atomic E-state index is 12.2. The number of aryl methyl sites for hydroxylation is 1. The predicted octanol–water partition coefficient (Wildman–Crippen LogP) is 1.10. The molecule has 1 saturated heterocycles. The van der Waals surface area contributed by atoms with Crippen molar-refractivity contribution in [2.24, 2.45) is 7.05 Å². The number of nitrogens with zero attached hydrogens (tertiary/aromatic N) is 2. The van der Waals surface area contributed by atoms with Crippen LogP contribution in [0.3, 0.4) is 0 Å². The van der Waals surface area contributed by atoms with Crippen LogP contribution in [0, 0.1) is 0 Å². The summed E-state index contributed by atoms with van der Waals surface area (Å²) in [5.41, 5.74) is 0.540. The van der Waals surface area contributed by atoms with E-state index in [9.17, 15) is 9.59 Å². The summed E-state index contributed by atoms with van der Waals surface area (Å²) in [4.78, 5) is 24.8. The van der Waals surface area contributed by atoms with E-state index in [4.69, 9.17) is 5.11 Å². The van der Waals surface area contributed by atoms with Gasteiger partial charge < -0.3 is 14.6 Å². The fraction of sp³-hybridized carbons (Fsp3) is 0.500. The Bertz CT molecular complexity index is 439. The number of carboxylic acid groups (broad SMARTS) is 1. The molecule has 17 heavy (non-hydrogen) atoms. The van der Waals surface area contributed by atoms with Gasteiger partial charge in [-0.2, -0.15) is 0 Å². The standard InChI is InChI=1S/C12H16N2O3/c1-13-7-4-6-9(13)11(15)14-8-3-2-5-10(14)12(16)17/h4,6-7,10H,2-3,5,8H2,1H3,(H,16,17). The van der Waals surface area contributed by atoms with E-state index in [-0.39, 0.29) is 5.91 Å². The molecule has 2 heterocycles. The van der Waals surface area contributed by atoms with Gasteiger partial charge in [-0.1, -0.05) is 0 Å². The van der Waals surface area contributed by atoms with Crippen molar-refractivity contribution in [1.29, 1.82) is 0 Å². The zero-order valence-corrected chi connectivity index (χ0v) is 9.80. The van der Waals surface area contributed by atoms with E-state index in [1.807, 2.05) is 0 Å². The summed E-state index contributed by atoms with van der Waals surface area (Å²) in [6.07, 6.45) is 4.08. The van der Waals surface area contributed by atoms with Crippen molar-refractivity contribution in [3.8, 4) is 0 Å². The Morgan fingerprint density at radius 1 is 1.41 bits per heavy atom. The minimum absolute atomic E-state index is 0.190. The minimum Gasteiger partial charge on any atom is -0.480 e. The molecule has 2 rings (SSSR count). The van der Waals surface area contributed by atoms with Crippen LogP contribution in [0.5, 0.6) is 0 Å². The number of aliphatic carboxylic acids is 1. The van der Waals surface area contributed by atoms with Crippen molar-refractivity contribution in [1.82, 2.24) is 9.47 Å².